The molecule has 1 aliphatic rings. The molecule has 0 amide bonds. The molecular weight excluding hydrogens is 386 g/mol. The lowest BCUT2D eigenvalue weighted by molar-refractivity contribution is 0.360. The van der Waals surface area contributed by atoms with Crippen molar-refractivity contribution in [1.29, 1.82) is 0 Å². The summed E-state index contributed by atoms with van der Waals surface area (Å²) in [5, 5.41) is 0.774. The highest BCUT2D eigenvalue weighted by molar-refractivity contribution is 6.00. The molecule has 7 heteroatoms. The smallest absolute Gasteiger partial charge is 0.165 e. The van der Waals surface area contributed by atoms with Crippen LogP contribution in [0.25, 0.3) is 33.4 Å². The minimum Gasteiger partial charge on any atom is -0.383 e. The van der Waals surface area contributed by atoms with Crippen LogP contribution in [0.5, 0.6) is 0 Å². The summed E-state index contributed by atoms with van der Waals surface area (Å²) in [5.41, 5.74) is 10.6. The fourth-order valence-corrected chi connectivity index (χ4v) is 4.08. The second-order valence-electron chi connectivity index (χ2n) is 7.93. The Balaban J connectivity index is 1.55. The quantitative estimate of drug-likeness (QED) is 0.552. The van der Waals surface area contributed by atoms with Crippen LogP contribution in [0.3, 0.4) is 0 Å². The normalized spacial score (nSPS) is 15.2. The lowest BCUT2D eigenvalue weighted by Crippen LogP contribution is -2.29. The van der Waals surface area contributed by atoms with Gasteiger partial charge in [-0.2, -0.15) is 0 Å². The van der Waals surface area contributed by atoms with E-state index < -0.39 is 0 Å². The lowest BCUT2D eigenvalue weighted by Gasteiger charge is -2.21. The van der Waals surface area contributed by atoms with Crippen molar-refractivity contribution in [2.45, 2.75) is 6.42 Å². The molecule has 0 radical (unpaired) electrons. The van der Waals surface area contributed by atoms with E-state index in [1.54, 1.807) is 0 Å². The second kappa shape index (κ2) is 8.28. The van der Waals surface area contributed by atoms with Gasteiger partial charge in [0.15, 0.2) is 5.65 Å². The average molecular weight is 412 g/mol. The Morgan fingerprint density at radius 2 is 1.74 bits per heavy atom. The molecule has 1 saturated heterocycles. The third-order valence-corrected chi connectivity index (χ3v) is 5.81. The van der Waals surface area contributed by atoms with E-state index in [1.165, 1.54) is 6.33 Å². The zero-order chi connectivity index (χ0) is 21.2. The molecule has 4 aromatic rings. The number of aromatic nitrogens is 4. The molecule has 5 rings (SSSR count). The van der Waals surface area contributed by atoms with Gasteiger partial charge in [0, 0.05) is 31.4 Å². The highest BCUT2D eigenvalue weighted by Gasteiger charge is 2.16. The Kier molecular flexibility index (Phi) is 5.18. The molecule has 31 heavy (non-hydrogen) atoms. The number of likely N-dealkylation sites (N-methyl/N-ethyl adjacent to an activating group) is 1. The molecule has 2 N–H and O–H groups in total. The molecule has 3 aromatic heterocycles. The van der Waals surface area contributed by atoms with Crippen molar-refractivity contribution >= 4 is 22.7 Å². The summed E-state index contributed by atoms with van der Waals surface area (Å²) in [6.07, 6.45) is 4.51. The van der Waals surface area contributed by atoms with Crippen LogP contribution >= 0.6 is 0 Å². The van der Waals surface area contributed by atoms with Crippen molar-refractivity contribution in [2.75, 3.05) is 43.9 Å². The number of rotatable bonds is 3. The molecule has 1 aromatic carbocycles. The van der Waals surface area contributed by atoms with E-state index in [0.717, 1.165) is 66.2 Å². The molecule has 4 heterocycles. The maximum absolute atomic E-state index is 6.20. The van der Waals surface area contributed by atoms with E-state index in [9.17, 15) is 0 Å². The summed E-state index contributed by atoms with van der Waals surface area (Å²) >= 11 is 0. The SMILES string of the molecule is CN1CCCN(c2ccc(-c3cc(-c4ccccc4)c4c(N)ncnc4n3)cn2)CC1. The summed E-state index contributed by atoms with van der Waals surface area (Å²) in [6, 6.07) is 16.4. The van der Waals surface area contributed by atoms with Gasteiger partial charge in [0.25, 0.3) is 0 Å². The van der Waals surface area contributed by atoms with Crippen LogP contribution < -0.4 is 10.6 Å². The molecule has 1 aliphatic heterocycles. The first kappa shape index (κ1) is 19.4. The van der Waals surface area contributed by atoms with E-state index >= 15 is 0 Å². The number of pyridine rings is 2. The number of nitrogens with zero attached hydrogens (tertiary/aromatic N) is 6. The van der Waals surface area contributed by atoms with Crippen molar-refractivity contribution < 1.29 is 0 Å². The molecule has 0 aliphatic carbocycles. The number of benzene rings is 1. The third-order valence-electron chi connectivity index (χ3n) is 5.81. The van der Waals surface area contributed by atoms with Crippen LogP contribution in [-0.2, 0) is 0 Å². The van der Waals surface area contributed by atoms with Gasteiger partial charge < -0.3 is 15.5 Å². The van der Waals surface area contributed by atoms with Crippen LogP contribution in [0.1, 0.15) is 6.42 Å². The molecular formula is C24H25N7. The minimum absolute atomic E-state index is 0.433. The Labute approximate surface area is 181 Å². The predicted octanol–water partition coefficient (Wildman–Crippen LogP) is 3.48. The van der Waals surface area contributed by atoms with Crippen molar-refractivity contribution in [3.8, 4) is 22.4 Å². The summed E-state index contributed by atoms with van der Waals surface area (Å²) in [5.74, 6) is 1.44. The number of nitrogens with two attached hydrogens (primary N) is 1. The zero-order valence-corrected chi connectivity index (χ0v) is 17.6. The average Bonchev–Trinajstić information content (AvgIpc) is 3.04. The monoisotopic (exact) mass is 411 g/mol. The summed E-state index contributed by atoms with van der Waals surface area (Å²) < 4.78 is 0. The minimum atomic E-state index is 0.433. The van der Waals surface area contributed by atoms with Crippen LogP contribution in [0.4, 0.5) is 11.6 Å². The van der Waals surface area contributed by atoms with Crippen LogP contribution in [0.15, 0.2) is 61.1 Å². The van der Waals surface area contributed by atoms with Crippen molar-refractivity contribution in [2.24, 2.45) is 0 Å². The molecule has 0 saturated carbocycles. The van der Waals surface area contributed by atoms with Gasteiger partial charge in [0.05, 0.1) is 11.1 Å². The van der Waals surface area contributed by atoms with Gasteiger partial charge in [0.2, 0.25) is 0 Å². The van der Waals surface area contributed by atoms with Gasteiger partial charge in [0.1, 0.15) is 18.0 Å². The largest absolute Gasteiger partial charge is 0.383 e. The number of fused-ring (bicyclic) bond motifs is 1. The Morgan fingerprint density at radius 1 is 0.871 bits per heavy atom. The van der Waals surface area contributed by atoms with Gasteiger partial charge >= 0.3 is 0 Å². The summed E-state index contributed by atoms with van der Waals surface area (Å²) in [4.78, 5) is 22.8. The number of hydrogen-bond donors (Lipinski definition) is 1. The van der Waals surface area contributed by atoms with E-state index in [0.29, 0.717) is 11.5 Å². The third kappa shape index (κ3) is 3.92. The molecule has 156 valence electrons. The standard InChI is InChI=1S/C24H25N7/c1-30-10-5-11-31(13-12-30)21-9-8-18(15-26-21)20-14-19(17-6-3-2-4-7-17)22-23(25)27-16-28-24(22)29-20/h2-4,6-9,14-16H,5,10-13H2,1H3,(H2,25,27,28,29). The zero-order valence-electron chi connectivity index (χ0n) is 17.6. The van der Waals surface area contributed by atoms with Gasteiger partial charge in [-0.15, -0.1) is 0 Å². The van der Waals surface area contributed by atoms with Gasteiger partial charge in [-0.25, -0.2) is 19.9 Å². The van der Waals surface area contributed by atoms with Crippen LogP contribution in [0.2, 0.25) is 0 Å². The van der Waals surface area contributed by atoms with Gasteiger partial charge in [-0.1, -0.05) is 30.3 Å². The maximum atomic E-state index is 6.20. The number of hydrogen-bond acceptors (Lipinski definition) is 7. The fraction of sp³-hybridized carbons (Fsp3) is 0.250. The fourth-order valence-electron chi connectivity index (χ4n) is 4.08. The molecule has 0 bridgehead atoms. The highest BCUT2D eigenvalue weighted by atomic mass is 15.2. The summed E-state index contributed by atoms with van der Waals surface area (Å²) in [7, 11) is 2.17. The van der Waals surface area contributed by atoms with Crippen LogP contribution in [0, 0.1) is 0 Å². The number of anilines is 2. The van der Waals surface area contributed by atoms with Gasteiger partial charge in [-0.3, -0.25) is 0 Å². The van der Waals surface area contributed by atoms with Crippen molar-refractivity contribution in [1.82, 2.24) is 24.8 Å². The molecule has 0 spiro atoms. The first-order valence-electron chi connectivity index (χ1n) is 10.6. The Morgan fingerprint density at radius 3 is 2.55 bits per heavy atom. The molecule has 1 fully saturated rings. The van der Waals surface area contributed by atoms with Crippen molar-refractivity contribution in [3.05, 3.63) is 61.1 Å². The first-order chi connectivity index (χ1) is 15.2. The van der Waals surface area contributed by atoms with Crippen LogP contribution in [-0.4, -0.2) is 58.1 Å². The maximum Gasteiger partial charge on any atom is 0.165 e. The predicted molar refractivity (Wildman–Crippen MR) is 125 cm³/mol. The van der Waals surface area contributed by atoms with Gasteiger partial charge in [-0.05, 0) is 49.3 Å². The number of nitrogen functional groups attached to an aromatic ring is 1. The molecule has 0 unspecified atom stereocenters. The van der Waals surface area contributed by atoms with E-state index in [-0.39, 0.29) is 0 Å². The molecule has 7 nitrogen and oxygen atoms in total. The topological polar surface area (TPSA) is 84.1 Å². The Bertz CT molecular complexity index is 1190. The molecule has 0 atom stereocenters. The highest BCUT2D eigenvalue weighted by Crippen LogP contribution is 2.33. The van der Waals surface area contributed by atoms with Crippen molar-refractivity contribution in [3.63, 3.8) is 0 Å². The second-order valence-corrected chi connectivity index (χ2v) is 7.93. The van der Waals surface area contributed by atoms with E-state index in [4.69, 9.17) is 15.7 Å². The van der Waals surface area contributed by atoms with E-state index in [1.807, 2.05) is 24.4 Å². The summed E-state index contributed by atoms with van der Waals surface area (Å²) in [6.45, 7) is 4.20. The van der Waals surface area contributed by atoms with E-state index in [2.05, 4.69) is 57.1 Å². The first-order valence-corrected chi connectivity index (χ1v) is 10.6. The lowest BCUT2D eigenvalue weighted by atomic mass is 10.0. The Hall–Kier alpha value is -3.58.